The predicted octanol–water partition coefficient (Wildman–Crippen LogP) is 0.267. The molecule has 1 unspecified atom stereocenters. The number of benzene rings is 1. The summed E-state index contributed by atoms with van der Waals surface area (Å²) in [6.45, 7) is 3.64. The van der Waals surface area contributed by atoms with E-state index in [1.165, 1.54) is 6.07 Å². The third-order valence-corrected chi connectivity index (χ3v) is 3.33. The van der Waals surface area contributed by atoms with E-state index in [1.807, 2.05) is 0 Å². The van der Waals surface area contributed by atoms with Crippen molar-refractivity contribution in [3.8, 4) is 0 Å². The van der Waals surface area contributed by atoms with Gasteiger partial charge >= 0.3 is 0 Å². The zero-order valence-corrected chi connectivity index (χ0v) is 9.97. The van der Waals surface area contributed by atoms with Crippen LogP contribution < -0.4 is 11.1 Å². The maximum absolute atomic E-state index is 12.3. The summed E-state index contributed by atoms with van der Waals surface area (Å²) in [4.78, 5) is 37.2. The van der Waals surface area contributed by atoms with Gasteiger partial charge in [0, 0.05) is 17.8 Å². The van der Waals surface area contributed by atoms with Gasteiger partial charge in [0.1, 0.15) is 6.04 Å². The molecule has 6 heteroatoms. The highest BCUT2D eigenvalue weighted by molar-refractivity contribution is 6.25. The minimum absolute atomic E-state index is 0.179. The summed E-state index contributed by atoms with van der Waals surface area (Å²) >= 11 is 0. The number of nitrogens with two attached hydrogens (primary N) is 1. The molecule has 1 fully saturated rings. The highest BCUT2D eigenvalue weighted by atomic mass is 16.2. The SMILES string of the molecule is C=C1CC(N2C(=O)c3cccc(N)c3C2=O)C(=O)N1. The second-order valence-corrected chi connectivity index (χ2v) is 4.56. The average molecular weight is 257 g/mol. The van der Waals surface area contributed by atoms with E-state index in [1.54, 1.807) is 12.1 Å². The number of fused-ring (bicyclic) bond motifs is 1. The second kappa shape index (κ2) is 3.68. The maximum Gasteiger partial charge on any atom is 0.264 e. The standard InChI is InChI=1S/C13H11N3O3/c1-6-5-9(11(17)15-6)16-12(18)7-3-2-4-8(14)10(7)13(16)19/h2-4,9H,1,5,14H2,(H,15,17). The molecule has 6 nitrogen and oxygen atoms in total. The van der Waals surface area contributed by atoms with Crippen molar-refractivity contribution in [3.63, 3.8) is 0 Å². The molecule has 0 bridgehead atoms. The number of nitrogen functional groups attached to an aromatic ring is 1. The molecular weight excluding hydrogens is 246 g/mol. The van der Waals surface area contributed by atoms with Gasteiger partial charge in [0.15, 0.2) is 0 Å². The summed E-state index contributed by atoms with van der Waals surface area (Å²) in [5, 5.41) is 2.52. The summed E-state index contributed by atoms with van der Waals surface area (Å²) in [5.41, 5.74) is 6.90. The highest BCUT2D eigenvalue weighted by Gasteiger charge is 2.45. The van der Waals surface area contributed by atoms with Gasteiger partial charge in [0.05, 0.1) is 11.1 Å². The van der Waals surface area contributed by atoms with Gasteiger partial charge in [-0.25, -0.2) is 0 Å². The summed E-state index contributed by atoms with van der Waals surface area (Å²) in [6, 6.07) is 3.87. The van der Waals surface area contributed by atoms with E-state index in [-0.39, 0.29) is 23.2 Å². The van der Waals surface area contributed by atoms with Crippen molar-refractivity contribution in [1.82, 2.24) is 10.2 Å². The second-order valence-electron chi connectivity index (χ2n) is 4.56. The molecule has 0 radical (unpaired) electrons. The smallest absolute Gasteiger partial charge is 0.264 e. The van der Waals surface area contributed by atoms with E-state index in [9.17, 15) is 14.4 Å². The van der Waals surface area contributed by atoms with Crippen molar-refractivity contribution in [2.45, 2.75) is 12.5 Å². The van der Waals surface area contributed by atoms with Crippen LogP contribution in [0.2, 0.25) is 0 Å². The molecule has 3 rings (SSSR count). The Hall–Kier alpha value is -2.63. The molecule has 0 spiro atoms. The van der Waals surface area contributed by atoms with Crippen molar-refractivity contribution < 1.29 is 14.4 Å². The summed E-state index contributed by atoms with van der Waals surface area (Å²) in [5.74, 6) is -1.40. The summed E-state index contributed by atoms with van der Waals surface area (Å²) in [7, 11) is 0. The minimum atomic E-state index is -0.834. The zero-order valence-electron chi connectivity index (χ0n) is 9.97. The fraction of sp³-hybridized carbons (Fsp3) is 0.154. The Morgan fingerprint density at radius 3 is 2.58 bits per heavy atom. The number of amides is 3. The molecule has 3 amide bonds. The Kier molecular flexibility index (Phi) is 2.22. The Morgan fingerprint density at radius 2 is 2.00 bits per heavy atom. The van der Waals surface area contributed by atoms with Crippen LogP contribution >= 0.6 is 0 Å². The van der Waals surface area contributed by atoms with Crippen LogP contribution in [0.4, 0.5) is 5.69 Å². The largest absolute Gasteiger partial charge is 0.398 e. The lowest BCUT2D eigenvalue weighted by atomic mass is 10.1. The highest BCUT2D eigenvalue weighted by Crippen LogP contribution is 2.31. The molecule has 2 aliphatic rings. The number of hydrogen-bond donors (Lipinski definition) is 2. The van der Waals surface area contributed by atoms with Gasteiger partial charge < -0.3 is 11.1 Å². The van der Waals surface area contributed by atoms with Gasteiger partial charge in [-0.05, 0) is 12.1 Å². The van der Waals surface area contributed by atoms with Crippen LogP contribution in [-0.2, 0) is 4.79 Å². The molecule has 19 heavy (non-hydrogen) atoms. The van der Waals surface area contributed by atoms with Crippen LogP contribution in [0.1, 0.15) is 27.1 Å². The van der Waals surface area contributed by atoms with Gasteiger partial charge in [-0.2, -0.15) is 0 Å². The molecule has 1 aromatic carbocycles. The lowest BCUT2D eigenvalue weighted by Crippen LogP contribution is -2.44. The normalized spacial score (nSPS) is 21.9. The first kappa shape index (κ1) is 11.5. The van der Waals surface area contributed by atoms with Crippen molar-refractivity contribution in [1.29, 1.82) is 0 Å². The average Bonchev–Trinajstić information content (AvgIpc) is 2.79. The number of carbonyl (C=O) groups is 3. The molecule has 1 saturated heterocycles. The minimum Gasteiger partial charge on any atom is -0.398 e. The van der Waals surface area contributed by atoms with E-state index in [2.05, 4.69) is 11.9 Å². The molecular formula is C13H11N3O3. The Balaban J connectivity index is 2.06. The van der Waals surface area contributed by atoms with Crippen molar-refractivity contribution in [3.05, 3.63) is 41.6 Å². The molecule has 2 aliphatic heterocycles. The van der Waals surface area contributed by atoms with E-state index >= 15 is 0 Å². The molecule has 96 valence electrons. The zero-order chi connectivity index (χ0) is 13.7. The Labute approximate surface area is 108 Å². The first-order chi connectivity index (χ1) is 9.00. The third-order valence-electron chi connectivity index (χ3n) is 3.33. The first-order valence-corrected chi connectivity index (χ1v) is 5.75. The molecule has 2 heterocycles. The quantitative estimate of drug-likeness (QED) is 0.557. The number of anilines is 1. The molecule has 0 saturated carbocycles. The number of rotatable bonds is 1. The molecule has 1 aromatic rings. The Bertz CT molecular complexity index is 651. The van der Waals surface area contributed by atoms with Crippen LogP contribution in [0.3, 0.4) is 0 Å². The number of carbonyl (C=O) groups excluding carboxylic acids is 3. The van der Waals surface area contributed by atoms with Crippen molar-refractivity contribution in [2.75, 3.05) is 5.73 Å². The van der Waals surface area contributed by atoms with E-state index in [0.29, 0.717) is 5.70 Å². The van der Waals surface area contributed by atoms with E-state index in [0.717, 1.165) is 4.90 Å². The van der Waals surface area contributed by atoms with E-state index in [4.69, 9.17) is 5.73 Å². The first-order valence-electron chi connectivity index (χ1n) is 5.75. The Morgan fingerprint density at radius 1 is 1.26 bits per heavy atom. The summed E-state index contributed by atoms with van der Waals surface area (Å²) in [6.07, 6.45) is 0.240. The fourth-order valence-corrected chi connectivity index (χ4v) is 2.46. The summed E-state index contributed by atoms with van der Waals surface area (Å²) < 4.78 is 0. The van der Waals surface area contributed by atoms with Crippen LogP contribution in [-0.4, -0.2) is 28.7 Å². The lowest BCUT2D eigenvalue weighted by molar-refractivity contribution is -0.122. The third kappa shape index (κ3) is 1.46. The number of hydrogen-bond acceptors (Lipinski definition) is 4. The topological polar surface area (TPSA) is 92.5 Å². The van der Waals surface area contributed by atoms with Gasteiger partial charge in [-0.15, -0.1) is 0 Å². The lowest BCUT2D eigenvalue weighted by Gasteiger charge is -2.18. The van der Waals surface area contributed by atoms with Gasteiger partial charge in [0.2, 0.25) is 5.91 Å². The molecule has 3 N–H and O–H groups in total. The van der Waals surface area contributed by atoms with Gasteiger partial charge in [-0.1, -0.05) is 12.6 Å². The van der Waals surface area contributed by atoms with Gasteiger partial charge in [-0.3, -0.25) is 19.3 Å². The van der Waals surface area contributed by atoms with Crippen LogP contribution in [0.15, 0.2) is 30.5 Å². The maximum atomic E-state index is 12.3. The molecule has 1 atom stereocenters. The van der Waals surface area contributed by atoms with Crippen molar-refractivity contribution in [2.24, 2.45) is 0 Å². The molecule has 0 aromatic heterocycles. The number of nitrogens with one attached hydrogen (secondary N) is 1. The van der Waals surface area contributed by atoms with Crippen LogP contribution in [0, 0.1) is 0 Å². The van der Waals surface area contributed by atoms with Crippen LogP contribution in [0.5, 0.6) is 0 Å². The monoisotopic (exact) mass is 257 g/mol. The molecule has 0 aliphatic carbocycles. The number of imide groups is 1. The van der Waals surface area contributed by atoms with Gasteiger partial charge in [0.25, 0.3) is 11.8 Å². The van der Waals surface area contributed by atoms with E-state index < -0.39 is 23.8 Å². The fourth-order valence-electron chi connectivity index (χ4n) is 2.46. The van der Waals surface area contributed by atoms with Crippen molar-refractivity contribution >= 4 is 23.4 Å². The number of nitrogens with zero attached hydrogens (tertiary/aromatic N) is 1. The predicted molar refractivity (Wildman–Crippen MR) is 67.0 cm³/mol. The van der Waals surface area contributed by atoms with Crippen LogP contribution in [0.25, 0.3) is 0 Å².